The maximum atomic E-state index is 12.3. The molecule has 0 saturated heterocycles. The summed E-state index contributed by atoms with van der Waals surface area (Å²) in [5.41, 5.74) is 8.33. The molecule has 1 aliphatic heterocycles. The second-order valence-corrected chi connectivity index (χ2v) is 8.10. The molecule has 0 fully saturated rings. The second kappa shape index (κ2) is 7.39. The first-order valence-corrected chi connectivity index (χ1v) is 10.2. The number of carbonyl (C=O) groups is 1. The summed E-state index contributed by atoms with van der Waals surface area (Å²) in [7, 11) is 1.58. The summed E-state index contributed by atoms with van der Waals surface area (Å²) in [6.45, 7) is 1.43. The van der Waals surface area contributed by atoms with Crippen LogP contribution in [0.5, 0.6) is 11.6 Å². The molecular weight excluding hydrogens is 456 g/mol. The molecule has 7 nitrogen and oxygen atoms in total. The van der Waals surface area contributed by atoms with Gasteiger partial charge in [-0.15, -0.1) is 16.4 Å². The van der Waals surface area contributed by atoms with Crippen molar-refractivity contribution in [3.8, 4) is 28.3 Å². The van der Waals surface area contributed by atoms with E-state index < -0.39 is 5.92 Å². The van der Waals surface area contributed by atoms with Gasteiger partial charge < -0.3 is 15.2 Å². The van der Waals surface area contributed by atoms with Crippen molar-refractivity contribution >= 4 is 33.2 Å². The van der Waals surface area contributed by atoms with E-state index in [1.54, 1.807) is 13.2 Å². The van der Waals surface area contributed by atoms with Crippen LogP contribution in [0.1, 0.15) is 28.8 Å². The van der Waals surface area contributed by atoms with Crippen LogP contribution in [-0.2, 0) is 0 Å². The Labute approximate surface area is 179 Å². The van der Waals surface area contributed by atoms with Gasteiger partial charge in [-0.3, -0.25) is 4.79 Å². The maximum Gasteiger partial charge on any atom is 0.245 e. The summed E-state index contributed by atoms with van der Waals surface area (Å²) in [6.07, 6.45) is 0. The number of aromatic nitrogens is 2. The number of methoxy groups -OCH3 is 1. The minimum absolute atomic E-state index is 0.0251. The summed E-state index contributed by atoms with van der Waals surface area (Å²) in [5, 5.41) is 16.1. The zero-order valence-corrected chi connectivity index (χ0v) is 17.9. The molecule has 1 unspecified atom stereocenters. The van der Waals surface area contributed by atoms with Crippen molar-refractivity contribution in [3.05, 3.63) is 62.8 Å². The third kappa shape index (κ3) is 3.10. The Balaban J connectivity index is 2.03. The highest BCUT2D eigenvalue weighted by Crippen LogP contribution is 2.48. The van der Waals surface area contributed by atoms with Crippen LogP contribution in [0.3, 0.4) is 0 Å². The Morgan fingerprint density at radius 2 is 2.24 bits per heavy atom. The monoisotopic (exact) mass is 470 g/mol. The molecule has 0 aliphatic carbocycles. The largest absolute Gasteiger partial charge is 0.496 e. The van der Waals surface area contributed by atoms with E-state index in [0.717, 1.165) is 14.9 Å². The highest BCUT2D eigenvalue weighted by molar-refractivity contribution is 9.10. The van der Waals surface area contributed by atoms with Crippen molar-refractivity contribution in [3.63, 3.8) is 0 Å². The van der Waals surface area contributed by atoms with Gasteiger partial charge in [0.2, 0.25) is 17.7 Å². The average Bonchev–Trinajstić information content (AvgIpc) is 3.34. The van der Waals surface area contributed by atoms with Crippen molar-refractivity contribution < 1.29 is 14.3 Å². The van der Waals surface area contributed by atoms with Crippen LogP contribution in [0.25, 0.3) is 10.6 Å². The maximum absolute atomic E-state index is 12.3. The smallest absolute Gasteiger partial charge is 0.245 e. The number of fused-ring (bicyclic) bond motifs is 1. The van der Waals surface area contributed by atoms with Crippen molar-refractivity contribution in [2.24, 2.45) is 5.73 Å². The van der Waals surface area contributed by atoms with Crippen molar-refractivity contribution in [1.82, 2.24) is 9.78 Å². The molecule has 29 heavy (non-hydrogen) atoms. The molecule has 0 radical (unpaired) electrons. The van der Waals surface area contributed by atoms with Crippen molar-refractivity contribution in [1.29, 1.82) is 5.26 Å². The number of nitrogens with two attached hydrogens (primary N) is 1. The topological polar surface area (TPSA) is 103 Å². The standard InChI is InChI=1S/C20H15BrN4O3S/c1-10(26)25-18(15-4-3-7-29-15)17-16(11-5-6-14(27-2)13(21)8-11)12(9-22)19(23)28-20(17)24-25/h3-8,16H,23H2,1-2H3. The van der Waals surface area contributed by atoms with Crippen LogP contribution in [0, 0.1) is 11.3 Å². The molecule has 0 spiro atoms. The molecule has 9 heteroatoms. The van der Waals surface area contributed by atoms with Crippen molar-refractivity contribution in [2.75, 3.05) is 7.11 Å². The van der Waals surface area contributed by atoms with Crippen LogP contribution >= 0.6 is 27.3 Å². The van der Waals surface area contributed by atoms with Crippen LogP contribution in [0.4, 0.5) is 0 Å². The number of thiophene rings is 1. The lowest BCUT2D eigenvalue weighted by Crippen LogP contribution is -2.21. The van der Waals surface area contributed by atoms with Gasteiger partial charge in [-0.2, -0.15) is 9.94 Å². The van der Waals surface area contributed by atoms with Crippen LogP contribution in [0.2, 0.25) is 0 Å². The fraction of sp³-hybridized carbons (Fsp3) is 0.150. The highest BCUT2D eigenvalue weighted by atomic mass is 79.9. The van der Waals surface area contributed by atoms with E-state index in [9.17, 15) is 10.1 Å². The Morgan fingerprint density at radius 3 is 2.83 bits per heavy atom. The number of ether oxygens (including phenoxy) is 2. The molecule has 1 atom stereocenters. The average molecular weight is 471 g/mol. The quantitative estimate of drug-likeness (QED) is 0.613. The van der Waals surface area contributed by atoms with Crippen LogP contribution in [0.15, 0.2) is 51.6 Å². The fourth-order valence-electron chi connectivity index (χ4n) is 3.38. The lowest BCUT2D eigenvalue weighted by Gasteiger charge is -2.24. The van der Waals surface area contributed by atoms with E-state index in [0.29, 0.717) is 17.0 Å². The van der Waals surface area contributed by atoms with E-state index in [1.807, 2.05) is 29.6 Å². The Hall–Kier alpha value is -3.09. The Bertz CT molecular complexity index is 1190. The minimum atomic E-state index is -0.545. The van der Waals surface area contributed by atoms with Gasteiger partial charge in [0.05, 0.1) is 33.6 Å². The number of hydrogen-bond donors (Lipinski definition) is 1. The summed E-state index contributed by atoms with van der Waals surface area (Å²) < 4.78 is 13.0. The molecule has 2 N–H and O–H groups in total. The normalized spacial score (nSPS) is 15.4. The van der Waals surface area contributed by atoms with Gasteiger partial charge in [0, 0.05) is 6.92 Å². The van der Waals surface area contributed by atoms with Crippen molar-refractivity contribution in [2.45, 2.75) is 12.8 Å². The molecular formula is C20H15BrN4O3S. The van der Waals surface area contributed by atoms with E-state index in [-0.39, 0.29) is 23.2 Å². The van der Waals surface area contributed by atoms with E-state index in [2.05, 4.69) is 27.1 Å². The van der Waals surface area contributed by atoms with Crippen LogP contribution in [-0.4, -0.2) is 22.8 Å². The lowest BCUT2D eigenvalue weighted by molar-refractivity contribution is 0.0921. The first kappa shape index (κ1) is 19.2. The number of benzene rings is 1. The second-order valence-electron chi connectivity index (χ2n) is 6.29. The Morgan fingerprint density at radius 1 is 1.45 bits per heavy atom. The molecule has 0 saturated carbocycles. The van der Waals surface area contributed by atoms with Gasteiger partial charge >= 0.3 is 0 Å². The predicted octanol–water partition coefficient (Wildman–Crippen LogP) is 4.26. The molecule has 1 aromatic carbocycles. The predicted molar refractivity (Wildman–Crippen MR) is 112 cm³/mol. The number of allylic oxidation sites excluding steroid dienone is 1. The van der Waals surface area contributed by atoms with Gasteiger partial charge in [0.25, 0.3) is 0 Å². The molecule has 1 aliphatic rings. The zero-order chi connectivity index (χ0) is 20.7. The molecule has 146 valence electrons. The third-order valence-electron chi connectivity index (χ3n) is 4.62. The first-order valence-electron chi connectivity index (χ1n) is 8.55. The van der Waals surface area contributed by atoms with E-state index in [4.69, 9.17) is 15.2 Å². The molecule has 3 aromatic rings. The van der Waals surface area contributed by atoms with Gasteiger partial charge in [-0.1, -0.05) is 12.1 Å². The highest BCUT2D eigenvalue weighted by Gasteiger charge is 2.38. The number of carbonyl (C=O) groups excluding carboxylic acids is 1. The van der Waals surface area contributed by atoms with Gasteiger partial charge in [0.1, 0.15) is 17.4 Å². The SMILES string of the molecule is COc1ccc(C2C(C#N)=C(N)Oc3nn(C(C)=O)c(-c4cccs4)c32)cc1Br. The van der Waals surface area contributed by atoms with Gasteiger partial charge in [0.15, 0.2) is 0 Å². The van der Waals surface area contributed by atoms with Gasteiger partial charge in [-0.25, -0.2) is 0 Å². The zero-order valence-electron chi connectivity index (χ0n) is 15.5. The number of nitriles is 1. The summed E-state index contributed by atoms with van der Waals surface area (Å²) >= 11 is 4.97. The first-order chi connectivity index (χ1) is 14.0. The molecule has 0 bridgehead atoms. The molecule has 0 amide bonds. The minimum Gasteiger partial charge on any atom is -0.496 e. The van der Waals surface area contributed by atoms with Gasteiger partial charge in [-0.05, 0) is 45.1 Å². The Kier molecular flexibility index (Phi) is 4.90. The lowest BCUT2D eigenvalue weighted by atomic mass is 9.83. The van der Waals surface area contributed by atoms with E-state index in [1.165, 1.54) is 22.9 Å². The fourth-order valence-corrected chi connectivity index (χ4v) is 4.71. The summed E-state index contributed by atoms with van der Waals surface area (Å²) in [4.78, 5) is 13.1. The number of hydrogen-bond acceptors (Lipinski definition) is 7. The van der Waals surface area contributed by atoms with Crippen LogP contribution < -0.4 is 15.2 Å². The number of rotatable bonds is 3. The molecule has 2 aromatic heterocycles. The third-order valence-corrected chi connectivity index (χ3v) is 6.12. The number of nitrogens with zero attached hydrogens (tertiary/aromatic N) is 3. The molecule has 4 rings (SSSR count). The van der Waals surface area contributed by atoms with E-state index >= 15 is 0 Å². The summed E-state index contributed by atoms with van der Waals surface area (Å²) in [5.74, 6) is 0.0450. The molecule has 3 heterocycles. The number of halogens is 1. The summed E-state index contributed by atoms with van der Waals surface area (Å²) in [6, 6.07) is 11.5.